The van der Waals surface area contributed by atoms with E-state index in [0.717, 1.165) is 0 Å². The number of rotatable bonds is 0. The first kappa shape index (κ1) is 19.7. The first-order valence-corrected chi connectivity index (χ1v) is 8.46. The average Bonchev–Trinajstić information content (AvgIpc) is 2.57. The molecule has 0 radical (unpaired) electrons. The summed E-state index contributed by atoms with van der Waals surface area (Å²) in [5.74, 6) is 0. The van der Waals surface area contributed by atoms with Crippen molar-refractivity contribution in [3.63, 3.8) is 0 Å². The van der Waals surface area contributed by atoms with Gasteiger partial charge in [-0.2, -0.15) is 0 Å². The molecule has 3 rings (SSSR count). The molecular formula is C24H30. The smallest absolute Gasteiger partial charge is 0.0398 e. The third-order valence-electron chi connectivity index (χ3n) is 3.65. The molecular weight excluding hydrogens is 288 g/mol. The van der Waals surface area contributed by atoms with Gasteiger partial charge in [0.1, 0.15) is 0 Å². The molecule has 0 aliphatic carbocycles. The second kappa shape index (κ2) is 10.4. The number of hydrogen-bond donors (Lipinski definition) is 0. The van der Waals surface area contributed by atoms with Crippen LogP contribution in [0.2, 0.25) is 0 Å². The van der Waals surface area contributed by atoms with Crippen molar-refractivity contribution in [1.82, 2.24) is 0 Å². The number of aryl methyl sites for hydroxylation is 6. The van der Waals surface area contributed by atoms with E-state index < -0.39 is 0 Å². The van der Waals surface area contributed by atoms with Crippen LogP contribution in [0.15, 0.2) is 72.8 Å². The van der Waals surface area contributed by atoms with Crippen LogP contribution in [0.4, 0.5) is 0 Å². The largest absolute Gasteiger partial charge is 0.0591 e. The molecule has 0 heteroatoms. The summed E-state index contributed by atoms with van der Waals surface area (Å²) in [5.41, 5.74) is 7.98. The minimum Gasteiger partial charge on any atom is -0.0591 e. The zero-order chi connectivity index (χ0) is 17.9. The summed E-state index contributed by atoms with van der Waals surface area (Å²) in [5, 5.41) is 0. The highest BCUT2D eigenvalue weighted by atomic mass is 13.9. The third-order valence-corrected chi connectivity index (χ3v) is 3.65. The van der Waals surface area contributed by atoms with Gasteiger partial charge in [0.25, 0.3) is 0 Å². The first-order chi connectivity index (χ1) is 11.4. The first-order valence-electron chi connectivity index (χ1n) is 8.46. The van der Waals surface area contributed by atoms with Gasteiger partial charge in [0, 0.05) is 0 Å². The van der Waals surface area contributed by atoms with E-state index in [2.05, 4.69) is 114 Å². The maximum atomic E-state index is 2.12. The van der Waals surface area contributed by atoms with Crippen LogP contribution in [0.25, 0.3) is 0 Å². The van der Waals surface area contributed by atoms with Crippen LogP contribution in [0.1, 0.15) is 33.4 Å². The molecule has 3 aromatic carbocycles. The lowest BCUT2D eigenvalue weighted by molar-refractivity contribution is 1.40. The summed E-state index contributed by atoms with van der Waals surface area (Å²) in [4.78, 5) is 0. The van der Waals surface area contributed by atoms with E-state index in [1.807, 2.05) is 0 Å². The number of hydrogen-bond acceptors (Lipinski definition) is 0. The van der Waals surface area contributed by atoms with Crippen molar-refractivity contribution in [1.29, 1.82) is 0 Å². The fourth-order valence-corrected chi connectivity index (χ4v) is 1.91. The highest BCUT2D eigenvalue weighted by Gasteiger charge is 1.81. The van der Waals surface area contributed by atoms with E-state index in [1.54, 1.807) is 0 Å². The summed E-state index contributed by atoms with van der Waals surface area (Å²) in [6, 6.07) is 25.4. The van der Waals surface area contributed by atoms with Crippen LogP contribution >= 0.6 is 0 Å². The second-order valence-electron chi connectivity index (χ2n) is 6.46. The lowest BCUT2D eigenvalue weighted by Crippen LogP contribution is -1.70. The summed E-state index contributed by atoms with van der Waals surface area (Å²) in [7, 11) is 0. The topological polar surface area (TPSA) is 0 Å². The van der Waals surface area contributed by atoms with E-state index >= 15 is 0 Å². The van der Waals surface area contributed by atoms with Gasteiger partial charge in [-0.1, -0.05) is 106 Å². The van der Waals surface area contributed by atoms with Crippen molar-refractivity contribution in [2.45, 2.75) is 41.5 Å². The second-order valence-corrected chi connectivity index (χ2v) is 6.46. The number of benzene rings is 3. The molecule has 0 saturated heterocycles. The molecule has 3 aromatic rings. The summed E-state index contributed by atoms with van der Waals surface area (Å²) in [6.45, 7) is 12.6. The van der Waals surface area contributed by atoms with Crippen LogP contribution in [-0.4, -0.2) is 0 Å². The van der Waals surface area contributed by atoms with Crippen LogP contribution in [-0.2, 0) is 0 Å². The average molecular weight is 319 g/mol. The van der Waals surface area contributed by atoms with E-state index in [0.29, 0.717) is 0 Å². The highest BCUT2D eigenvalue weighted by Crippen LogP contribution is 2.00. The van der Waals surface area contributed by atoms with Crippen LogP contribution in [0, 0.1) is 41.5 Å². The van der Waals surface area contributed by atoms with Gasteiger partial charge < -0.3 is 0 Å². The maximum absolute atomic E-state index is 2.12. The van der Waals surface area contributed by atoms with Gasteiger partial charge in [0.15, 0.2) is 0 Å². The Bertz CT molecular complexity index is 520. The maximum Gasteiger partial charge on any atom is -0.0398 e. The fraction of sp³-hybridized carbons (Fsp3) is 0.250. The molecule has 0 bridgehead atoms. The molecule has 126 valence electrons. The molecule has 0 aromatic heterocycles. The Kier molecular flexibility index (Phi) is 8.57. The molecule has 0 unspecified atom stereocenters. The van der Waals surface area contributed by atoms with Gasteiger partial charge in [-0.05, 0) is 41.5 Å². The molecule has 0 atom stereocenters. The summed E-state index contributed by atoms with van der Waals surface area (Å²) in [6.07, 6.45) is 0. The zero-order valence-electron chi connectivity index (χ0n) is 15.9. The van der Waals surface area contributed by atoms with E-state index in [1.165, 1.54) is 33.4 Å². The predicted molar refractivity (Wildman–Crippen MR) is 108 cm³/mol. The van der Waals surface area contributed by atoms with E-state index in [9.17, 15) is 0 Å². The minimum absolute atomic E-state index is 1.33. The predicted octanol–water partition coefficient (Wildman–Crippen LogP) is 6.91. The zero-order valence-corrected chi connectivity index (χ0v) is 15.9. The highest BCUT2D eigenvalue weighted by molar-refractivity contribution is 5.20. The quantitative estimate of drug-likeness (QED) is 0.422. The molecule has 0 aliphatic rings. The van der Waals surface area contributed by atoms with Gasteiger partial charge in [-0.25, -0.2) is 0 Å². The third kappa shape index (κ3) is 8.95. The molecule has 0 nitrogen and oxygen atoms in total. The SMILES string of the molecule is Cc1ccc(C)cc1.Cc1ccc(C)cc1.Cc1ccc(C)cc1. The van der Waals surface area contributed by atoms with Crippen LogP contribution < -0.4 is 0 Å². The van der Waals surface area contributed by atoms with Crippen molar-refractivity contribution < 1.29 is 0 Å². The molecule has 0 saturated carbocycles. The van der Waals surface area contributed by atoms with Gasteiger partial charge >= 0.3 is 0 Å². The molecule has 0 N–H and O–H groups in total. The van der Waals surface area contributed by atoms with Crippen molar-refractivity contribution in [2.75, 3.05) is 0 Å². The monoisotopic (exact) mass is 318 g/mol. The Morgan fingerprint density at radius 1 is 0.250 bits per heavy atom. The Labute approximate surface area is 148 Å². The molecule has 0 heterocycles. The van der Waals surface area contributed by atoms with E-state index in [4.69, 9.17) is 0 Å². The molecule has 0 spiro atoms. The normalized spacial score (nSPS) is 9.25. The Balaban J connectivity index is 0.000000180. The van der Waals surface area contributed by atoms with Gasteiger partial charge in [0.2, 0.25) is 0 Å². The van der Waals surface area contributed by atoms with Gasteiger partial charge in [0.05, 0.1) is 0 Å². The molecule has 24 heavy (non-hydrogen) atoms. The van der Waals surface area contributed by atoms with Crippen molar-refractivity contribution in [2.24, 2.45) is 0 Å². The van der Waals surface area contributed by atoms with E-state index in [-0.39, 0.29) is 0 Å². The lowest BCUT2D eigenvalue weighted by Gasteiger charge is -1.90. The standard InChI is InChI=1S/3C8H10/c3*1-7-3-5-8(2)6-4-7/h3*3-6H,1-2H3. The Morgan fingerprint density at radius 3 is 0.417 bits per heavy atom. The summed E-state index contributed by atoms with van der Waals surface area (Å²) >= 11 is 0. The van der Waals surface area contributed by atoms with Crippen molar-refractivity contribution in [3.8, 4) is 0 Å². The van der Waals surface area contributed by atoms with Gasteiger partial charge in [-0.3, -0.25) is 0 Å². The minimum atomic E-state index is 1.33. The van der Waals surface area contributed by atoms with Crippen LogP contribution in [0.5, 0.6) is 0 Å². The van der Waals surface area contributed by atoms with Crippen molar-refractivity contribution >= 4 is 0 Å². The molecule has 0 amide bonds. The molecule has 0 fully saturated rings. The van der Waals surface area contributed by atoms with Gasteiger partial charge in [-0.15, -0.1) is 0 Å². The summed E-state index contributed by atoms with van der Waals surface area (Å²) < 4.78 is 0. The van der Waals surface area contributed by atoms with Crippen LogP contribution in [0.3, 0.4) is 0 Å². The molecule has 0 aliphatic heterocycles. The Morgan fingerprint density at radius 2 is 0.333 bits per heavy atom. The van der Waals surface area contributed by atoms with Crippen molar-refractivity contribution in [3.05, 3.63) is 106 Å². The lowest BCUT2D eigenvalue weighted by atomic mass is 10.2. The Hall–Kier alpha value is -2.34. The fourth-order valence-electron chi connectivity index (χ4n) is 1.91.